The number of fused-ring (bicyclic) bond motifs is 3. The smallest absolute Gasteiger partial charge is 0.338 e. The lowest BCUT2D eigenvalue weighted by Crippen LogP contribution is -2.40. The first kappa shape index (κ1) is 24.0. The number of carbonyl (C=O) groups is 1. The summed E-state index contributed by atoms with van der Waals surface area (Å²) in [5, 5.41) is 1.84. The Bertz CT molecular complexity index is 1820. The molecule has 3 aromatic carbocycles. The minimum atomic E-state index is -0.787. The summed E-state index contributed by atoms with van der Waals surface area (Å²) in [5.41, 5.74) is 2.04. The third-order valence-electron chi connectivity index (χ3n) is 6.64. The van der Waals surface area contributed by atoms with E-state index in [4.69, 9.17) is 18.9 Å². The number of aromatic nitrogens is 1. The average molecular weight is 529 g/mol. The van der Waals surface area contributed by atoms with E-state index >= 15 is 0 Å². The van der Waals surface area contributed by atoms with Crippen LogP contribution in [-0.2, 0) is 9.53 Å². The molecule has 0 N–H and O–H groups in total. The lowest BCUT2D eigenvalue weighted by Gasteiger charge is -2.27. The van der Waals surface area contributed by atoms with Gasteiger partial charge in [0.15, 0.2) is 16.3 Å². The molecule has 0 aliphatic carbocycles. The lowest BCUT2D eigenvalue weighted by molar-refractivity contribution is -0.139. The second-order valence-corrected chi connectivity index (χ2v) is 9.83. The highest BCUT2D eigenvalue weighted by atomic mass is 32.1. The first-order chi connectivity index (χ1) is 18.5. The van der Waals surface area contributed by atoms with Crippen LogP contribution in [-0.4, -0.2) is 31.0 Å². The summed E-state index contributed by atoms with van der Waals surface area (Å²) in [5.74, 6) is 1.35. The molecule has 8 nitrogen and oxygen atoms in total. The molecule has 0 radical (unpaired) electrons. The highest BCUT2D eigenvalue weighted by molar-refractivity contribution is 7.07. The second-order valence-electron chi connectivity index (χ2n) is 8.82. The SMILES string of the molecule is CCOC(=O)C1=C(C)N=c2s/c(=C\c3ccc4c(c3)OCO4)c(=O)n2[C@@H]1c1c(OC)ccc2ccccc12. The number of methoxy groups -OCH3 is 1. The molecule has 9 heteroatoms. The molecule has 1 atom stereocenters. The maximum atomic E-state index is 14.0. The van der Waals surface area contributed by atoms with Crippen molar-refractivity contribution in [3.8, 4) is 17.2 Å². The Kier molecular flexibility index (Phi) is 6.00. The molecule has 0 spiro atoms. The van der Waals surface area contributed by atoms with E-state index in [-0.39, 0.29) is 19.0 Å². The second kappa shape index (κ2) is 9.50. The van der Waals surface area contributed by atoms with Gasteiger partial charge in [0.25, 0.3) is 5.56 Å². The van der Waals surface area contributed by atoms with Crippen molar-refractivity contribution >= 4 is 34.2 Å². The number of esters is 1. The topological polar surface area (TPSA) is 88.4 Å². The minimum absolute atomic E-state index is 0.170. The molecule has 0 saturated heterocycles. The third-order valence-corrected chi connectivity index (χ3v) is 7.62. The largest absolute Gasteiger partial charge is 0.496 e. The van der Waals surface area contributed by atoms with E-state index in [0.29, 0.717) is 43.4 Å². The Morgan fingerprint density at radius 2 is 1.97 bits per heavy atom. The van der Waals surface area contributed by atoms with E-state index in [2.05, 4.69) is 4.99 Å². The van der Waals surface area contributed by atoms with Crippen molar-refractivity contribution in [2.24, 2.45) is 4.99 Å². The zero-order chi connectivity index (χ0) is 26.4. The Morgan fingerprint density at radius 1 is 1.16 bits per heavy atom. The molecule has 0 bridgehead atoms. The predicted octanol–water partition coefficient (Wildman–Crippen LogP) is 3.69. The van der Waals surface area contributed by atoms with Gasteiger partial charge in [-0.3, -0.25) is 9.36 Å². The van der Waals surface area contributed by atoms with Gasteiger partial charge in [0, 0.05) is 5.56 Å². The van der Waals surface area contributed by atoms with Crippen molar-refractivity contribution < 1.29 is 23.7 Å². The van der Waals surface area contributed by atoms with E-state index in [1.807, 2.05) is 54.6 Å². The zero-order valence-electron chi connectivity index (χ0n) is 21.0. The molecule has 2 aliphatic rings. The van der Waals surface area contributed by atoms with Crippen molar-refractivity contribution in [2.75, 3.05) is 20.5 Å². The van der Waals surface area contributed by atoms with Crippen LogP contribution < -0.4 is 29.1 Å². The van der Waals surface area contributed by atoms with Crippen LogP contribution in [0.25, 0.3) is 16.8 Å². The zero-order valence-corrected chi connectivity index (χ0v) is 21.8. The van der Waals surface area contributed by atoms with Gasteiger partial charge in [-0.1, -0.05) is 47.7 Å². The van der Waals surface area contributed by atoms with Crippen LogP contribution in [0.1, 0.15) is 31.0 Å². The summed E-state index contributed by atoms with van der Waals surface area (Å²) in [6, 6.07) is 16.4. The Labute approximate surface area is 221 Å². The Hall–Kier alpha value is -4.37. The Balaban J connectivity index is 1.63. The molecule has 3 heterocycles. The molecule has 4 aromatic rings. The minimum Gasteiger partial charge on any atom is -0.496 e. The number of hydrogen-bond donors (Lipinski definition) is 0. The van der Waals surface area contributed by atoms with E-state index in [0.717, 1.165) is 16.3 Å². The predicted molar refractivity (Wildman–Crippen MR) is 143 cm³/mol. The van der Waals surface area contributed by atoms with Crippen LogP contribution >= 0.6 is 11.3 Å². The lowest BCUT2D eigenvalue weighted by atomic mass is 9.90. The third kappa shape index (κ3) is 3.86. The summed E-state index contributed by atoms with van der Waals surface area (Å²) in [6.07, 6.45) is 1.80. The van der Waals surface area contributed by atoms with Crippen molar-refractivity contribution in [3.05, 3.63) is 96.7 Å². The maximum Gasteiger partial charge on any atom is 0.338 e. The number of allylic oxidation sites excluding steroid dienone is 1. The van der Waals surface area contributed by atoms with Crippen LogP contribution in [0.5, 0.6) is 17.2 Å². The van der Waals surface area contributed by atoms with Gasteiger partial charge < -0.3 is 18.9 Å². The summed E-state index contributed by atoms with van der Waals surface area (Å²) in [4.78, 5) is 32.5. The quantitative estimate of drug-likeness (QED) is 0.367. The molecular formula is C29H24N2O6S. The van der Waals surface area contributed by atoms with Gasteiger partial charge in [0.1, 0.15) is 11.8 Å². The average Bonchev–Trinajstić information content (AvgIpc) is 3.51. The van der Waals surface area contributed by atoms with Crippen molar-refractivity contribution in [2.45, 2.75) is 19.9 Å². The molecule has 38 heavy (non-hydrogen) atoms. The summed E-state index contributed by atoms with van der Waals surface area (Å²) in [7, 11) is 1.58. The number of rotatable bonds is 5. The fraction of sp³-hybridized carbons (Fsp3) is 0.207. The molecule has 0 amide bonds. The number of ether oxygens (including phenoxy) is 4. The van der Waals surface area contributed by atoms with Gasteiger partial charge in [-0.05, 0) is 54.5 Å². The van der Waals surface area contributed by atoms with Crippen molar-refractivity contribution in [1.82, 2.24) is 4.57 Å². The number of benzene rings is 3. The highest BCUT2D eigenvalue weighted by Crippen LogP contribution is 2.40. The summed E-state index contributed by atoms with van der Waals surface area (Å²) < 4.78 is 24.2. The molecule has 6 rings (SSSR count). The molecular weight excluding hydrogens is 504 g/mol. The number of carbonyl (C=O) groups excluding carboxylic acids is 1. The van der Waals surface area contributed by atoms with Crippen LogP contribution in [0.15, 0.2) is 75.7 Å². The van der Waals surface area contributed by atoms with Gasteiger partial charge in [-0.25, -0.2) is 9.79 Å². The highest BCUT2D eigenvalue weighted by Gasteiger charge is 2.36. The molecule has 2 aliphatic heterocycles. The number of hydrogen-bond acceptors (Lipinski definition) is 8. The number of thiazole rings is 1. The van der Waals surface area contributed by atoms with Gasteiger partial charge in [0.2, 0.25) is 6.79 Å². The van der Waals surface area contributed by atoms with Crippen LogP contribution in [0.2, 0.25) is 0 Å². The number of nitrogens with zero attached hydrogens (tertiary/aromatic N) is 2. The molecule has 0 unspecified atom stereocenters. The monoisotopic (exact) mass is 528 g/mol. The van der Waals surface area contributed by atoms with Crippen LogP contribution in [0, 0.1) is 0 Å². The maximum absolute atomic E-state index is 14.0. The normalized spacial score (nSPS) is 16.4. The van der Waals surface area contributed by atoms with Crippen molar-refractivity contribution in [1.29, 1.82) is 0 Å². The molecule has 0 fully saturated rings. The van der Waals surface area contributed by atoms with Gasteiger partial charge >= 0.3 is 5.97 Å². The van der Waals surface area contributed by atoms with Gasteiger partial charge in [-0.15, -0.1) is 0 Å². The fourth-order valence-corrected chi connectivity index (χ4v) is 6.00. The summed E-state index contributed by atoms with van der Waals surface area (Å²) in [6.45, 7) is 3.89. The molecule has 192 valence electrons. The van der Waals surface area contributed by atoms with Crippen molar-refractivity contribution in [3.63, 3.8) is 0 Å². The molecule has 1 aromatic heterocycles. The van der Waals surface area contributed by atoms with Crippen LogP contribution in [0.4, 0.5) is 0 Å². The molecule has 0 saturated carbocycles. The van der Waals surface area contributed by atoms with E-state index in [1.165, 1.54) is 11.3 Å². The fourth-order valence-electron chi connectivity index (χ4n) is 4.95. The van der Waals surface area contributed by atoms with E-state index in [9.17, 15) is 9.59 Å². The van der Waals surface area contributed by atoms with Gasteiger partial charge in [0.05, 0.1) is 29.5 Å². The first-order valence-electron chi connectivity index (χ1n) is 12.1. The van der Waals surface area contributed by atoms with Crippen LogP contribution in [0.3, 0.4) is 0 Å². The van der Waals surface area contributed by atoms with Gasteiger partial charge in [-0.2, -0.15) is 0 Å². The summed E-state index contributed by atoms with van der Waals surface area (Å²) >= 11 is 1.27. The standard InChI is InChI=1S/C29H24N2O6S/c1-4-35-28(33)24-16(2)30-29-31(26(24)25-19-8-6-5-7-18(19)10-12-21(25)34-3)27(32)23(38-29)14-17-9-11-20-22(13-17)37-15-36-20/h5-14,26H,4,15H2,1-3H3/b23-14-/t26-/m0/s1. The first-order valence-corrected chi connectivity index (χ1v) is 13.0. The Morgan fingerprint density at radius 3 is 2.79 bits per heavy atom. The van der Waals surface area contributed by atoms with E-state index in [1.54, 1.807) is 31.6 Å². The van der Waals surface area contributed by atoms with E-state index < -0.39 is 12.0 Å².